The van der Waals surface area contributed by atoms with Gasteiger partial charge in [-0.15, -0.1) is 0 Å². The van der Waals surface area contributed by atoms with Crippen LogP contribution in [0.1, 0.15) is 43.9 Å². The van der Waals surface area contributed by atoms with Gasteiger partial charge in [0.05, 0.1) is 18.5 Å². The van der Waals surface area contributed by atoms with Gasteiger partial charge < -0.3 is 15.0 Å². The van der Waals surface area contributed by atoms with E-state index >= 15 is 0 Å². The number of hydrogen-bond donors (Lipinski definition) is 1. The van der Waals surface area contributed by atoms with Gasteiger partial charge in [-0.05, 0) is 74.3 Å². The number of hydrogen-bond acceptors (Lipinski definition) is 3. The van der Waals surface area contributed by atoms with Gasteiger partial charge in [0.1, 0.15) is 5.75 Å². The van der Waals surface area contributed by atoms with Crippen LogP contribution in [0.5, 0.6) is 5.75 Å². The number of carbonyl (C=O) groups excluding carboxylic acids is 1. The van der Waals surface area contributed by atoms with Crippen molar-refractivity contribution in [3.63, 3.8) is 0 Å². The minimum absolute atomic E-state index is 0.0606. The molecule has 1 aromatic heterocycles. The monoisotopic (exact) mass is 431 g/mol. The summed E-state index contributed by atoms with van der Waals surface area (Å²) in [7, 11) is 0. The maximum absolute atomic E-state index is 12.7. The van der Waals surface area contributed by atoms with Crippen LogP contribution < -0.4 is 10.1 Å². The van der Waals surface area contributed by atoms with Crippen LogP contribution in [0.4, 0.5) is 10.5 Å². The first kappa shape index (κ1) is 22.1. The number of likely N-dealkylation sites (tertiary alicyclic amines) is 1. The van der Waals surface area contributed by atoms with Gasteiger partial charge in [-0.3, -0.25) is 4.98 Å². The van der Waals surface area contributed by atoms with Gasteiger partial charge in [0, 0.05) is 18.8 Å². The summed E-state index contributed by atoms with van der Waals surface area (Å²) in [5.41, 5.74) is 4.21. The van der Waals surface area contributed by atoms with Crippen LogP contribution >= 0.6 is 0 Å². The summed E-state index contributed by atoms with van der Waals surface area (Å²) >= 11 is 0. The molecular formula is C27H33N3O2. The van der Waals surface area contributed by atoms with Crippen molar-refractivity contribution < 1.29 is 9.53 Å². The van der Waals surface area contributed by atoms with Crippen molar-refractivity contribution in [2.75, 3.05) is 25.0 Å². The summed E-state index contributed by atoms with van der Waals surface area (Å²) in [6, 6.07) is 12.1. The van der Waals surface area contributed by atoms with Crippen LogP contribution in [0.2, 0.25) is 0 Å². The second-order valence-electron chi connectivity index (χ2n) is 8.97. The Labute approximate surface area is 191 Å². The molecule has 2 atom stereocenters. The molecule has 1 saturated heterocycles. The van der Waals surface area contributed by atoms with Gasteiger partial charge in [0.2, 0.25) is 0 Å². The lowest BCUT2D eigenvalue weighted by Crippen LogP contribution is -2.42. The van der Waals surface area contributed by atoms with Gasteiger partial charge in [-0.2, -0.15) is 0 Å². The zero-order valence-electron chi connectivity index (χ0n) is 19.1. The van der Waals surface area contributed by atoms with Gasteiger partial charge in [0.15, 0.2) is 0 Å². The molecule has 5 heteroatoms. The average molecular weight is 432 g/mol. The van der Waals surface area contributed by atoms with E-state index in [1.807, 2.05) is 30.0 Å². The number of ether oxygens (including phenoxy) is 1. The van der Waals surface area contributed by atoms with Crippen LogP contribution in [0.3, 0.4) is 0 Å². The summed E-state index contributed by atoms with van der Waals surface area (Å²) in [5, 5.41) is 2.96. The molecule has 168 valence electrons. The number of carbonyl (C=O) groups is 1. The Morgan fingerprint density at radius 2 is 2.19 bits per heavy atom. The number of amides is 2. The quantitative estimate of drug-likeness (QED) is 0.584. The predicted octanol–water partition coefficient (Wildman–Crippen LogP) is 6.08. The molecule has 2 heterocycles. The zero-order chi connectivity index (χ0) is 22.3. The molecule has 32 heavy (non-hydrogen) atoms. The number of urea groups is 1. The van der Waals surface area contributed by atoms with Crippen molar-refractivity contribution >= 4 is 17.8 Å². The molecule has 0 saturated carbocycles. The van der Waals surface area contributed by atoms with Crippen molar-refractivity contribution in [2.45, 2.75) is 39.5 Å². The number of nitrogens with one attached hydrogen (secondary N) is 1. The highest BCUT2D eigenvalue weighted by Gasteiger charge is 2.24. The third kappa shape index (κ3) is 6.00. The van der Waals surface area contributed by atoms with E-state index in [-0.39, 0.29) is 6.03 Å². The molecule has 5 nitrogen and oxygen atoms in total. The minimum Gasteiger partial charge on any atom is -0.493 e. The van der Waals surface area contributed by atoms with E-state index in [0.29, 0.717) is 24.9 Å². The summed E-state index contributed by atoms with van der Waals surface area (Å²) in [6.07, 6.45) is 12.9. The molecule has 1 fully saturated rings. The number of anilines is 1. The van der Waals surface area contributed by atoms with Crippen LogP contribution in [0, 0.1) is 18.8 Å². The van der Waals surface area contributed by atoms with Gasteiger partial charge in [0.25, 0.3) is 0 Å². The first-order valence-corrected chi connectivity index (χ1v) is 11.6. The Balaban J connectivity index is 1.32. The largest absolute Gasteiger partial charge is 0.493 e. The molecular weight excluding hydrogens is 398 g/mol. The first-order valence-electron chi connectivity index (χ1n) is 11.6. The lowest BCUT2D eigenvalue weighted by atomic mass is 9.91. The van der Waals surface area contributed by atoms with Crippen molar-refractivity contribution in [1.82, 2.24) is 9.88 Å². The number of rotatable bonds is 5. The van der Waals surface area contributed by atoms with E-state index in [4.69, 9.17) is 4.74 Å². The Bertz CT molecular complexity index is 981. The van der Waals surface area contributed by atoms with Gasteiger partial charge in [-0.1, -0.05) is 42.9 Å². The number of piperidine rings is 1. The molecule has 1 aliphatic heterocycles. The second kappa shape index (κ2) is 10.5. The highest BCUT2D eigenvalue weighted by molar-refractivity contribution is 5.89. The molecule has 2 aliphatic rings. The molecule has 0 spiro atoms. The molecule has 4 rings (SSSR count). The highest BCUT2D eigenvalue weighted by Crippen LogP contribution is 2.27. The lowest BCUT2D eigenvalue weighted by molar-refractivity contribution is 0.198. The number of allylic oxidation sites excluding steroid dienone is 2. The van der Waals surface area contributed by atoms with Crippen molar-refractivity contribution in [3.05, 3.63) is 71.6 Å². The average Bonchev–Trinajstić information content (AvgIpc) is 2.81. The van der Waals surface area contributed by atoms with E-state index in [1.54, 1.807) is 6.20 Å². The first-order chi connectivity index (χ1) is 15.6. The normalized spacial score (nSPS) is 22.1. The van der Waals surface area contributed by atoms with Crippen LogP contribution in [-0.4, -0.2) is 35.6 Å². The smallest absolute Gasteiger partial charge is 0.321 e. The van der Waals surface area contributed by atoms with Crippen LogP contribution in [0.15, 0.2) is 60.3 Å². The van der Waals surface area contributed by atoms with E-state index in [1.165, 1.54) is 12.0 Å². The molecule has 2 amide bonds. The fourth-order valence-electron chi connectivity index (χ4n) is 4.32. The number of aryl methyl sites for hydroxylation is 1. The zero-order valence-corrected chi connectivity index (χ0v) is 19.1. The summed E-state index contributed by atoms with van der Waals surface area (Å²) in [6.45, 7) is 6.33. The maximum atomic E-state index is 12.7. The fraction of sp³-hybridized carbons (Fsp3) is 0.407. The third-order valence-corrected chi connectivity index (χ3v) is 6.32. The topological polar surface area (TPSA) is 54.5 Å². The standard InChI is InChI=1S/C27H33N3O2/c1-20-18-30(27(31)29-25-12-11-21(2)28-17-25)14-13-24(20)15-23-9-6-10-26(16-23)32-19-22-7-4-3-5-8-22/h3-4,6,9-12,15-17,20,22H,5,7-8,13-14,18-19H2,1-2H3,(H,29,31)/b24-15+. The maximum Gasteiger partial charge on any atom is 0.321 e. The van der Waals surface area contributed by atoms with E-state index in [2.05, 4.69) is 53.7 Å². The third-order valence-electron chi connectivity index (χ3n) is 6.32. The lowest BCUT2D eigenvalue weighted by Gasteiger charge is -2.33. The van der Waals surface area contributed by atoms with Crippen LogP contribution in [-0.2, 0) is 0 Å². The van der Waals surface area contributed by atoms with E-state index in [9.17, 15) is 4.79 Å². The molecule has 2 aromatic rings. The molecule has 1 N–H and O–H groups in total. The van der Waals surface area contributed by atoms with Crippen molar-refractivity contribution in [3.8, 4) is 5.75 Å². The van der Waals surface area contributed by atoms with Crippen molar-refractivity contribution in [1.29, 1.82) is 0 Å². The summed E-state index contributed by atoms with van der Waals surface area (Å²) in [4.78, 5) is 18.8. The van der Waals surface area contributed by atoms with Gasteiger partial charge in [-0.25, -0.2) is 4.79 Å². The highest BCUT2D eigenvalue weighted by atomic mass is 16.5. The molecule has 0 bridgehead atoms. The molecule has 1 aromatic carbocycles. The summed E-state index contributed by atoms with van der Waals surface area (Å²) < 4.78 is 6.09. The van der Waals surface area contributed by atoms with Crippen LogP contribution in [0.25, 0.3) is 6.08 Å². The molecule has 0 radical (unpaired) electrons. The number of benzene rings is 1. The van der Waals surface area contributed by atoms with E-state index < -0.39 is 0 Å². The summed E-state index contributed by atoms with van der Waals surface area (Å²) in [5.74, 6) is 1.86. The SMILES string of the molecule is Cc1ccc(NC(=O)N2CC/C(=C\c3cccc(OCC4CC=CCC4)c3)C(C)C2)cn1. The Hall–Kier alpha value is -3.08. The Kier molecular flexibility index (Phi) is 7.25. The number of aromatic nitrogens is 1. The Morgan fingerprint density at radius 1 is 1.28 bits per heavy atom. The fourth-order valence-corrected chi connectivity index (χ4v) is 4.32. The van der Waals surface area contributed by atoms with Gasteiger partial charge >= 0.3 is 6.03 Å². The number of pyridine rings is 1. The van der Waals surface area contributed by atoms with E-state index in [0.717, 1.165) is 48.6 Å². The molecule has 1 aliphatic carbocycles. The Morgan fingerprint density at radius 3 is 2.94 bits per heavy atom. The minimum atomic E-state index is -0.0606. The molecule has 2 unspecified atom stereocenters. The predicted molar refractivity (Wildman–Crippen MR) is 130 cm³/mol. The van der Waals surface area contributed by atoms with Crippen molar-refractivity contribution in [2.24, 2.45) is 11.8 Å². The second-order valence-corrected chi connectivity index (χ2v) is 8.97. The number of nitrogens with zero attached hydrogens (tertiary/aromatic N) is 2.